The highest BCUT2D eigenvalue weighted by atomic mass is 32.1. The summed E-state index contributed by atoms with van der Waals surface area (Å²) < 4.78 is 1.86. The van der Waals surface area contributed by atoms with Crippen molar-refractivity contribution in [3.63, 3.8) is 0 Å². The quantitative estimate of drug-likeness (QED) is 0.796. The molecular formula is C16H21N3OS. The predicted octanol–water partition coefficient (Wildman–Crippen LogP) is 3.30. The van der Waals surface area contributed by atoms with Gasteiger partial charge < -0.3 is 0 Å². The van der Waals surface area contributed by atoms with E-state index >= 15 is 0 Å². The molecule has 5 heteroatoms. The van der Waals surface area contributed by atoms with Gasteiger partial charge in [-0.3, -0.25) is 4.79 Å². The van der Waals surface area contributed by atoms with Gasteiger partial charge in [0, 0.05) is 11.4 Å². The van der Waals surface area contributed by atoms with Gasteiger partial charge in [-0.15, -0.1) is 11.3 Å². The van der Waals surface area contributed by atoms with Crippen molar-refractivity contribution in [2.75, 3.05) is 0 Å². The molecule has 0 aromatic carbocycles. The number of nitrogens with zero attached hydrogens (tertiary/aromatic N) is 3. The molecule has 2 heterocycles. The van der Waals surface area contributed by atoms with Crippen LogP contribution in [0.2, 0.25) is 0 Å². The second-order valence-corrected chi connectivity index (χ2v) is 7.26. The van der Waals surface area contributed by atoms with Crippen LogP contribution < -0.4 is 0 Å². The van der Waals surface area contributed by atoms with Gasteiger partial charge in [0.25, 0.3) is 0 Å². The van der Waals surface area contributed by atoms with Crippen molar-refractivity contribution in [2.45, 2.75) is 52.5 Å². The van der Waals surface area contributed by atoms with Crippen molar-refractivity contribution < 1.29 is 4.79 Å². The maximum Gasteiger partial charge on any atom is 0.180 e. The molecule has 4 nitrogen and oxygen atoms in total. The Morgan fingerprint density at radius 3 is 2.95 bits per heavy atom. The Morgan fingerprint density at radius 2 is 2.19 bits per heavy atom. The molecule has 1 aliphatic carbocycles. The van der Waals surface area contributed by atoms with Crippen molar-refractivity contribution in [1.82, 2.24) is 14.8 Å². The number of Topliss-reactive ketones (excluding diaryl/α,β-unsaturated/α-hetero) is 1. The van der Waals surface area contributed by atoms with Crippen LogP contribution in [0.3, 0.4) is 0 Å². The summed E-state index contributed by atoms with van der Waals surface area (Å²) >= 11 is 1.68. The average Bonchev–Trinajstić information content (AvgIpc) is 3.05. The Morgan fingerprint density at radius 1 is 1.38 bits per heavy atom. The van der Waals surface area contributed by atoms with Crippen molar-refractivity contribution in [3.05, 3.63) is 33.5 Å². The Balaban J connectivity index is 1.74. The monoisotopic (exact) mass is 303 g/mol. The molecule has 0 saturated heterocycles. The number of fused-ring (bicyclic) bond motifs is 1. The van der Waals surface area contributed by atoms with E-state index in [9.17, 15) is 4.79 Å². The van der Waals surface area contributed by atoms with Gasteiger partial charge in [-0.25, -0.2) is 9.67 Å². The molecule has 0 amide bonds. The second-order valence-electron chi connectivity index (χ2n) is 6.12. The zero-order chi connectivity index (χ0) is 14.8. The van der Waals surface area contributed by atoms with Gasteiger partial charge in [-0.1, -0.05) is 13.8 Å². The lowest BCUT2D eigenvalue weighted by atomic mass is 9.99. The summed E-state index contributed by atoms with van der Waals surface area (Å²) in [6.45, 7) is 5.09. The molecule has 0 fully saturated rings. The van der Waals surface area contributed by atoms with Crippen LogP contribution in [0.1, 0.15) is 52.6 Å². The van der Waals surface area contributed by atoms with Crippen LogP contribution in [-0.4, -0.2) is 20.5 Å². The van der Waals surface area contributed by atoms with Crippen LogP contribution in [0, 0.1) is 5.92 Å². The normalized spacial score (nSPS) is 14.4. The van der Waals surface area contributed by atoms with E-state index in [1.54, 1.807) is 17.7 Å². The molecule has 0 saturated carbocycles. The van der Waals surface area contributed by atoms with E-state index in [2.05, 4.69) is 30.0 Å². The van der Waals surface area contributed by atoms with Crippen LogP contribution in [0.5, 0.6) is 0 Å². The summed E-state index contributed by atoms with van der Waals surface area (Å²) in [6, 6.07) is 2.10. The molecule has 3 rings (SSSR count). The summed E-state index contributed by atoms with van der Waals surface area (Å²) in [5, 5.41) is 4.22. The molecule has 0 bridgehead atoms. The summed E-state index contributed by atoms with van der Waals surface area (Å²) in [6.07, 6.45) is 6.67. The molecule has 112 valence electrons. The minimum Gasteiger partial charge on any atom is -0.293 e. The molecule has 0 unspecified atom stereocenters. The maximum atomic E-state index is 12.5. The number of carbonyl (C=O) groups excluding carboxylic acids is 1. The Bertz CT molecular complexity index is 618. The molecule has 2 aromatic rings. The maximum absolute atomic E-state index is 12.5. The molecule has 0 radical (unpaired) electrons. The minimum absolute atomic E-state index is 0.174. The number of hydrogen-bond donors (Lipinski definition) is 0. The van der Waals surface area contributed by atoms with E-state index < -0.39 is 0 Å². The van der Waals surface area contributed by atoms with Crippen LogP contribution in [0.15, 0.2) is 12.4 Å². The van der Waals surface area contributed by atoms with Crippen LogP contribution in [-0.2, 0) is 25.8 Å². The van der Waals surface area contributed by atoms with Crippen LogP contribution in [0.4, 0.5) is 0 Å². The highest BCUT2D eigenvalue weighted by Crippen LogP contribution is 2.30. The number of rotatable bonds is 5. The fraction of sp³-hybridized carbons (Fsp3) is 0.562. The van der Waals surface area contributed by atoms with Crippen molar-refractivity contribution >= 4 is 17.1 Å². The second kappa shape index (κ2) is 6.10. The fourth-order valence-corrected chi connectivity index (χ4v) is 3.97. The molecule has 0 N–H and O–H groups in total. The van der Waals surface area contributed by atoms with Gasteiger partial charge in [0.05, 0.1) is 11.3 Å². The minimum atomic E-state index is 0.174. The lowest BCUT2D eigenvalue weighted by molar-refractivity contribution is 0.0993. The topological polar surface area (TPSA) is 47.8 Å². The largest absolute Gasteiger partial charge is 0.293 e. The van der Waals surface area contributed by atoms with Gasteiger partial charge in [0.1, 0.15) is 12.2 Å². The van der Waals surface area contributed by atoms with Gasteiger partial charge in [0.15, 0.2) is 5.78 Å². The molecule has 0 aliphatic heterocycles. The average molecular weight is 303 g/mol. The molecule has 21 heavy (non-hydrogen) atoms. The van der Waals surface area contributed by atoms with E-state index in [1.807, 2.05) is 4.68 Å². The standard InChI is InChI=1S/C16H21N3OS/c1-11(2)9-19-16(17-10-18-19)8-13(20)15-7-12-5-3-4-6-14(12)21-15/h7,10-11H,3-6,8-9H2,1-2H3. The lowest BCUT2D eigenvalue weighted by Crippen LogP contribution is -2.13. The van der Waals surface area contributed by atoms with E-state index in [0.717, 1.165) is 30.1 Å². The number of aryl methyl sites for hydroxylation is 2. The van der Waals surface area contributed by atoms with Crippen molar-refractivity contribution in [3.8, 4) is 0 Å². The SMILES string of the molecule is CC(C)Cn1ncnc1CC(=O)c1cc2c(s1)CCCC2. The zero-order valence-electron chi connectivity index (χ0n) is 12.6. The van der Waals surface area contributed by atoms with Gasteiger partial charge in [0.2, 0.25) is 0 Å². The predicted molar refractivity (Wildman–Crippen MR) is 83.9 cm³/mol. The number of thiophene rings is 1. The summed E-state index contributed by atoms with van der Waals surface area (Å²) in [7, 11) is 0. The first-order chi connectivity index (χ1) is 10.1. The lowest BCUT2D eigenvalue weighted by Gasteiger charge is -2.08. The molecule has 1 aliphatic rings. The number of aromatic nitrogens is 3. The first kappa shape index (κ1) is 14.4. The number of ketones is 1. The highest BCUT2D eigenvalue weighted by molar-refractivity contribution is 7.14. The number of hydrogen-bond acceptors (Lipinski definition) is 4. The summed E-state index contributed by atoms with van der Waals surface area (Å²) in [4.78, 5) is 19.0. The van der Waals surface area contributed by atoms with Gasteiger partial charge >= 0.3 is 0 Å². The van der Waals surface area contributed by atoms with E-state index in [4.69, 9.17) is 0 Å². The zero-order valence-corrected chi connectivity index (χ0v) is 13.4. The van der Waals surface area contributed by atoms with Crippen LogP contribution in [0.25, 0.3) is 0 Å². The molecular weight excluding hydrogens is 282 g/mol. The Kier molecular flexibility index (Phi) is 4.19. The molecule has 0 spiro atoms. The van der Waals surface area contributed by atoms with E-state index in [-0.39, 0.29) is 5.78 Å². The summed E-state index contributed by atoms with van der Waals surface area (Å²) in [5.74, 6) is 1.45. The Labute approximate surface area is 129 Å². The third-order valence-electron chi connectivity index (χ3n) is 3.82. The van der Waals surface area contributed by atoms with Crippen molar-refractivity contribution in [1.29, 1.82) is 0 Å². The first-order valence-electron chi connectivity index (χ1n) is 7.65. The smallest absolute Gasteiger partial charge is 0.180 e. The van der Waals surface area contributed by atoms with E-state index in [0.29, 0.717) is 12.3 Å². The third kappa shape index (κ3) is 3.23. The first-order valence-corrected chi connectivity index (χ1v) is 8.46. The third-order valence-corrected chi connectivity index (χ3v) is 5.10. The Hall–Kier alpha value is -1.49. The van der Waals surface area contributed by atoms with Gasteiger partial charge in [-0.2, -0.15) is 5.10 Å². The molecule has 2 aromatic heterocycles. The molecule has 0 atom stereocenters. The van der Waals surface area contributed by atoms with E-state index in [1.165, 1.54) is 23.3 Å². The van der Waals surface area contributed by atoms with Crippen molar-refractivity contribution in [2.24, 2.45) is 5.92 Å². The number of carbonyl (C=O) groups is 1. The highest BCUT2D eigenvalue weighted by Gasteiger charge is 2.19. The van der Waals surface area contributed by atoms with Gasteiger partial charge in [-0.05, 0) is 43.2 Å². The fourth-order valence-electron chi connectivity index (χ4n) is 2.78. The summed E-state index contributed by atoms with van der Waals surface area (Å²) in [5.41, 5.74) is 1.39. The van der Waals surface area contributed by atoms with Crippen LogP contribution >= 0.6 is 11.3 Å².